The van der Waals surface area contributed by atoms with Crippen LogP contribution in [0.1, 0.15) is 20.7 Å². The molecule has 2 rings (SSSR count). The molecule has 0 radical (unpaired) electrons. The zero-order valence-corrected chi connectivity index (χ0v) is 13.8. The third-order valence-corrected chi connectivity index (χ3v) is 2.24. The maximum Gasteiger partial charge on any atom is 2.00 e. The Hall–Kier alpha value is -2.40. The number of carbonyl (C=O) groups is 2. The van der Waals surface area contributed by atoms with E-state index in [4.69, 9.17) is 10.2 Å². The van der Waals surface area contributed by atoms with Gasteiger partial charge in [0.1, 0.15) is 11.3 Å². The summed E-state index contributed by atoms with van der Waals surface area (Å²) in [4.78, 5) is 20.4. The predicted octanol–water partition coefficient (Wildman–Crippen LogP) is 0.212. The normalized spacial score (nSPS) is 8.76. The van der Waals surface area contributed by atoms with Gasteiger partial charge < -0.3 is 25.2 Å². The molecule has 0 atom stereocenters. The summed E-state index contributed by atoms with van der Waals surface area (Å²) in [6.07, 6.45) is 0. The SMILES string of the molecule is O=C(O)c1ccccc1O.O=C([O-])c1ccccc1[O-].[Zn+2]. The van der Waals surface area contributed by atoms with Crippen molar-refractivity contribution in [3.05, 3.63) is 59.7 Å². The quantitative estimate of drug-likeness (QED) is 0.755. The Balaban J connectivity index is 0.000000364. The number of benzene rings is 2. The molecule has 2 N–H and O–H groups in total. The Morgan fingerprint density at radius 1 is 0.905 bits per heavy atom. The summed E-state index contributed by atoms with van der Waals surface area (Å²) in [6, 6.07) is 11.2. The summed E-state index contributed by atoms with van der Waals surface area (Å²) < 4.78 is 0. The van der Waals surface area contributed by atoms with Crippen molar-refractivity contribution in [3.8, 4) is 11.5 Å². The molecule has 0 spiro atoms. The second-order valence-electron chi connectivity index (χ2n) is 3.61. The molecule has 0 unspecified atom stereocenters. The predicted molar refractivity (Wildman–Crippen MR) is 65.3 cm³/mol. The van der Waals surface area contributed by atoms with Crippen LogP contribution in [0, 0.1) is 0 Å². The number of rotatable bonds is 2. The van der Waals surface area contributed by atoms with Crippen molar-refractivity contribution in [3.63, 3.8) is 0 Å². The smallest absolute Gasteiger partial charge is 0.872 e. The van der Waals surface area contributed by atoms with Gasteiger partial charge in [-0.2, -0.15) is 0 Å². The average molecular weight is 340 g/mol. The maximum absolute atomic E-state index is 10.6. The van der Waals surface area contributed by atoms with Crippen molar-refractivity contribution in [2.45, 2.75) is 0 Å². The summed E-state index contributed by atoms with van der Waals surface area (Å²) >= 11 is 0. The topological polar surface area (TPSA) is 121 Å². The van der Waals surface area contributed by atoms with Crippen LogP contribution in [-0.2, 0) is 19.5 Å². The molecule has 0 amide bonds. The van der Waals surface area contributed by atoms with Gasteiger partial charge in [0.15, 0.2) is 0 Å². The fraction of sp³-hybridized carbons (Fsp3) is 0. The number of aromatic carboxylic acids is 2. The van der Waals surface area contributed by atoms with Crippen molar-refractivity contribution >= 4 is 11.9 Å². The minimum Gasteiger partial charge on any atom is -0.872 e. The molecule has 0 aliphatic carbocycles. The first-order valence-electron chi connectivity index (χ1n) is 5.42. The summed E-state index contributed by atoms with van der Waals surface area (Å²) in [5, 5.41) is 38.1. The van der Waals surface area contributed by atoms with E-state index in [1.54, 1.807) is 12.1 Å². The van der Waals surface area contributed by atoms with E-state index in [0.717, 1.165) is 0 Å². The van der Waals surface area contributed by atoms with E-state index in [-0.39, 0.29) is 36.4 Å². The van der Waals surface area contributed by atoms with E-state index >= 15 is 0 Å². The van der Waals surface area contributed by atoms with Crippen molar-refractivity contribution in [1.29, 1.82) is 0 Å². The molecule has 104 valence electrons. The molecular weight excluding hydrogens is 330 g/mol. The number of carboxylic acids is 2. The van der Waals surface area contributed by atoms with Crippen LogP contribution < -0.4 is 10.2 Å². The van der Waals surface area contributed by atoms with E-state index < -0.39 is 17.7 Å². The molecule has 0 saturated carbocycles. The van der Waals surface area contributed by atoms with Crippen molar-refractivity contribution in [1.82, 2.24) is 0 Å². The molecule has 0 saturated heterocycles. The Bertz CT molecular complexity index is 571. The molecule has 0 fully saturated rings. The van der Waals surface area contributed by atoms with Gasteiger partial charge in [-0.05, 0) is 17.7 Å². The van der Waals surface area contributed by atoms with E-state index in [1.165, 1.54) is 36.4 Å². The minimum absolute atomic E-state index is 0. The number of carbonyl (C=O) groups excluding carboxylic acids is 1. The van der Waals surface area contributed by atoms with Crippen molar-refractivity contribution in [2.24, 2.45) is 0 Å². The van der Waals surface area contributed by atoms with Gasteiger partial charge in [-0.3, -0.25) is 0 Å². The number of phenols is 1. The van der Waals surface area contributed by atoms with Gasteiger partial charge >= 0.3 is 25.4 Å². The van der Waals surface area contributed by atoms with Gasteiger partial charge in [0.05, 0.1) is 5.97 Å². The summed E-state index contributed by atoms with van der Waals surface area (Å²) in [5.74, 6) is -3.25. The van der Waals surface area contributed by atoms with E-state index in [9.17, 15) is 19.8 Å². The molecule has 0 aliphatic heterocycles. The first-order chi connectivity index (χ1) is 9.43. The number of carboxylic acid groups (broad SMARTS) is 2. The Labute approximate surface area is 133 Å². The first-order valence-corrected chi connectivity index (χ1v) is 5.42. The van der Waals surface area contributed by atoms with E-state index in [1.807, 2.05) is 0 Å². The third-order valence-electron chi connectivity index (χ3n) is 2.24. The van der Waals surface area contributed by atoms with Gasteiger partial charge in [-0.1, -0.05) is 42.1 Å². The number of hydrogen-bond acceptors (Lipinski definition) is 5. The van der Waals surface area contributed by atoms with E-state index in [0.29, 0.717) is 0 Å². The zero-order chi connectivity index (χ0) is 15.1. The molecule has 2 aromatic rings. The molecule has 6 nitrogen and oxygen atoms in total. The Kier molecular flexibility index (Phi) is 7.72. The van der Waals surface area contributed by atoms with Gasteiger partial charge in [0, 0.05) is 0 Å². The molecule has 0 aromatic heterocycles. The number of para-hydroxylation sites is 2. The van der Waals surface area contributed by atoms with Crippen LogP contribution in [0.2, 0.25) is 0 Å². The van der Waals surface area contributed by atoms with Crippen LogP contribution in [-0.4, -0.2) is 22.2 Å². The van der Waals surface area contributed by atoms with Gasteiger partial charge in [0.2, 0.25) is 0 Å². The second-order valence-corrected chi connectivity index (χ2v) is 3.61. The molecule has 21 heavy (non-hydrogen) atoms. The fourth-order valence-corrected chi connectivity index (χ4v) is 1.29. The monoisotopic (exact) mass is 338 g/mol. The van der Waals surface area contributed by atoms with Gasteiger partial charge in [-0.15, -0.1) is 0 Å². The van der Waals surface area contributed by atoms with Crippen LogP contribution in [0.3, 0.4) is 0 Å². The molecule has 0 heterocycles. The second kappa shape index (κ2) is 8.71. The number of hydrogen-bond donors (Lipinski definition) is 2. The maximum atomic E-state index is 10.6. The van der Waals surface area contributed by atoms with E-state index in [2.05, 4.69) is 0 Å². The molecule has 0 bridgehead atoms. The van der Waals surface area contributed by atoms with Crippen LogP contribution in [0.15, 0.2) is 48.5 Å². The standard InChI is InChI=1S/2C7H6O3.Zn/c2*8-6-4-2-1-3-5(6)7(9)10;/h2*1-4,8H,(H,9,10);/q;;+2/p-2. The first kappa shape index (κ1) is 18.6. The summed E-state index contributed by atoms with van der Waals surface area (Å²) in [5.41, 5.74) is -0.356. The van der Waals surface area contributed by atoms with Crippen LogP contribution in [0.25, 0.3) is 0 Å². The minimum atomic E-state index is -1.43. The van der Waals surface area contributed by atoms with Crippen LogP contribution in [0.5, 0.6) is 11.5 Å². The molecule has 2 aromatic carbocycles. The largest absolute Gasteiger partial charge is 2.00 e. The Morgan fingerprint density at radius 3 is 1.71 bits per heavy atom. The van der Waals surface area contributed by atoms with Gasteiger partial charge in [-0.25, -0.2) is 4.79 Å². The van der Waals surface area contributed by atoms with Gasteiger partial charge in [0.25, 0.3) is 0 Å². The molecule has 0 aliphatic rings. The van der Waals surface area contributed by atoms with Crippen molar-refractivity contribution in [2.75, 3.05) is 0 Å². The zero-order valence-electron chi connectivity index (χ0n) is 10.9. The Morgan fingerprint density at radius 2 is 1.38 bits per heavy atom. The molecular formula is C14H10O6Zn. The third kappa shape index (κ3) is 5.62. The summed E-state index contributed by atoms with van der Waals surface area (Å²) in [7, 11) is 0. The molecule has 7 heteroatoms. The van der Waals surface area contributed by atoms with Crippen molar-refractivity contribution < 1.29 is 49.5 Å². The number of aromatic hydroxyl groups is 1. The average Bonchev–Trinajstić information content (AvgIpc) is 2.40. The summed E-state index contributed by atoms with van der Waals surface area (Å²) in [6.45, 7) is 0. The van der Waals surface area contributed by atoms with Crippen LogP contribution in [0.4, 0.5) is 0 Å². The fourth-order valence-electron chi connectivity index (χ4n) is 1.29. The van der Waals surface area contributed by atoms with Crippen LogP contribution >= 0.6 is 0 Å².